The Morgan fingerprint density at radius 3 is 2.44 bits per heavy atom. The van der Waals surface area contributed by atoms with Crippen LogP contribution in [0.2, 0.25) is 10.0 Å². The lowest BCUT2D eigenvalue weighted by atomic mass is 9.81. The van der Waals surface area contributed by atoms with Gasteiger partial charge in [-0.2, -0.15) is 5.26 Å². The number of amidine groups is 1. The minimum absolute atomic E-state index is 0.251. The Kier molecular flexibility index (Phi) is 4.80. The minimum atomic E-state index is -0.533. The molecule has 1 heterocycles. The van der Waals surface area contributed by atoms with Crippen LogP contribution in [0.15, 0.2) is 70.9 Å². The Morgan fingerprint density at radius 1 is 1.08 bits per heavy atom. The van der Waals surface area contributed by atoms with E-state index < -0.39 is 5.92 Å². The molecular weight excluding hydrogens is 355 g/mol. The Balaban J connectivity index is 2.31. The van der Waals surface area contributed by atoms with E-state index in [-0.39, 0.29) is 5.84 Å². The van der Waals surface area contributed by atoms with Crippen molar-refractivity contribution in [3.63, 3.8) is 0 Å². The zero-order valence-corrected chi connectivity index (χ0v) is 14.6. The highest BCUT2D eigenvalue weighted by molar-refractivity contribution is 6.42. The van der Waals surface area contributed by atoms with E-state index in [1.54, 1.807) is 18.2 Å². The van der Waals surface area contributed by atoms with Crippen LogP contribution in [-0.2, 0) is 0 Å². The van der Waals surface area contributed by atoms with E-state index in [1.807, 2.05) is 30.3 Å². The average Bonchev–Trinajstić information content (AvgIpc) is 2.64. The molecule has 4 N–H and O–H groups in total. The lowest BCUT2D eigenvalue weighted by molar-refractivity contribution is 0.969. The highest BCUT2D eigenvalue weighted by Crippen LogP contribution is 2.43. The van der Waals surface area contributed by atoms with E-state index in [0.717, 1.165) is 5.56 Å². The van der Waals surface area contributed by atoms with Gasteiger partial charge in [-0.05, 0) is 11.6 Å². The Morgan fingerprint density at radius 2 is 1.80 bits per heavy atom. The maximum absolute atomic E-state index is 9.85. The van der Waals surface area contributed by atoms with Crippen LogP contribution < -0.4 is 11.5 Å². The van der Waals surface area contributed by atoms with Crippen molar-refractivity contribution in [3.05, 3.63) is 87.0 Å². The predicted octanol–water partition coefficient (Wildman–Crippen LogP) is 4.23. The molecule has 1 atom stereocenters. The number of nitrogens with two attached hydrogens (primary N) is 2. The van der Waals surface area contributed by atoms with Gasteiger partial charge in [0.15, 0.2) is 0 Å². The first-order chi connectivity index (χ1) is 12.1. The van der Waals surface area contributed by atoms with Crippen molar-refractivity contribution in [1.82, 2.24) is 0 Å². The number of nitriles is 1. The molecule has 124 valence electrons. The molecule has 25 heavy (non-hydrogen) atoms. The van der Waals surface area contributed by atoms with Crippen LogP contribution in [0, 0.1) is 11.3 Å². The first kappa shape index (κ1) is 17.1. The van der Waals surface area contributed by atoms with Gasteiger partial charge in [-0.1, -0.05) is 65.7 Å². The number of benzene rings is 2. The summed E-state index contributed by atoms with van der Waals surface area (Å²) in [5, 5.41) is 10.6. The van der Waals surface area contributed by atoms with Gasteiger partial charge < -0.3 is 11.5 Å². The summed E-state index contributed by atoms with van der Waals surface area (Å²) in [4.78, 5) is 4.41. The van der Waals surface area contributed by atoms with Crippen molar-refractivity contribution in [3.8, 4) is 6.07 Å². The number of hydrogen-bond acceptors (Lipinski definition) is 4. The van der Waals surface area contributed by atoms with Crippen LogP contribution in [0.5, 0.6) is 0 Å². The van der Waals surface area contributed by atoms with Crippen LogP contribution in [0.1, 0.15) is 17.0 Å². The van der Waals surface area contributed by atoms with Crippen molar-refractivity contribution in [2.75, 3.05) is 0 Å². The molecule has 1 aliphatic rings. The molecule has 2 aromatic carbocycles. The monoisotopic (exact) mass is 368 g/mol. The molecule has 2 aromatic rings. The average molecular weight is 369 g/mol. The van der Waals surface area contributed by atoms with Gasteiger partial charge in [-0.25, -0.2) is 4.99 Å². The molecule has 6 heteroatoms. The summed E-state index contributed by atoms with van der Waals surface area (Å²) in [6, 6.07) is 16.9. The molecule has 0 saturated carbocycles. The maximum atomic E-state index is 9.85. The number of rotatable bonds is 2. The number of hydrogen-bond donors (Lipinski definition) is 2. The van der Waals surface area contributed by atoms with Crippen LogP contribution >= 0.6 is 23.2 Å². The Bertz CT molecular complexity index is 953. The van der Waals surface area contributed by atoms with Gasteiger partial charge in [0.05, 0.1) is 33.3 Å². The van der Waals surface area contributed by atoms with Crippen LogP contribution in [0.4, 0.5) is 0 Å². The standard InChI is InChI=1S/C19H14Cl2N4/c20-15-8-4-7-12(17(15)21)16-13(9-22)18(11-5-2-1-3-6-11)25-19(24)14(16)10-23/h1-8,10,16H,23H2,(H2,24,25)/b14-10-. The van der Waals surface area contributed by atoms with E-state index in [0.29, 0.717) is 32.5 Å². The predicted molar refractivity (Wildman–Crippen MR) is 102 cm³/mol. The van der Waals surface area contributed by atoms with E-state index in [1.165, 1.54) is 6.20 Å². The van der Waals surface area contributed by atoms with Crippen LogP contribution in [0.25, 0.3) is 5.70 Å². The van der Waals surface area contributed by atoms with E-state index in [2.05, 4.69) is 11.1 Å². The smallest absolute Gasteiger partial charge is 0.129 e. The largest absolute Gasteiger partial charge is 0.404 e. The van der Waals surface area contributed by atoms with E-state index in [4.69, 9.17) is 34.7 Å². The van der Waals surface area contributed by atoms with Gasteiger partial charge in [0.2, 0.25) is 0 Å². The van der Waals surface area contributed by atoms with Crippen molar-refractivity contribution < 1.29 is 0 Å². The molecule has 1 aliphatic heterocycles. The first-order valence-electron chi connectivity index (χ1n) is 7.48. The van der Waals surface area contributed by atoms with Crippen molar-refractivity contribution >= 4 is 34.7 Å². The number of aliphatic imine (C=N–C) groups is 1. The molecule has 0 spiro atoms. The third-order valence-electron chi connectivity index (χ3n) is 4.02. The highest BCUT2D eigenvalue weighted by Gasteiger charge is 2.32. The zero-order chi connectivity index (χ0) is 18.0. The summed E-state index contributed by atoms with van der Waals surface area (Å²) in [5.74, 6) is -0.282. The minimum Gasteiger partial charge on any atom is -0.404 e. The molecule has 0 aliphatic carbocycles. The van der Waals surface area contributed by atoms with E-state index >= 15 is 0 Å². The summed E-state index contributed by atoms with van der Waals surface area (Å²) in [6.45, 7) is 0. The van der Waals surface area contributed by atoms with Crippen LogP contribution in [0.3, 0.4) is 0 Å². The third-order valence-corrected chi connectivity index (χ3v) is 4.86. The van der Waals surface area contributed by atoms with Crippen LogP contribution in [-0.4, -0.2) is 5.84 Å². The Hall–Kier alpha value is -2.74. The Labute approximate surface area is 155 Å². The molecule has 3 rings (SSSR count). The summed E-state index contributed by atoms with van der Waals surface area (Å²) < 4.78 is 0. The quantitative estimate of drug-likeness (QED) is 0.831. The second kappa shape index (κ2) is 7.02. The lowest BCUT2D eigenvalue weighted by Gasteiger charge is -2.26. The summed E-state index contributed by atoms with van der Waals surface area (Å²) in [7, 11) is 0. The van der Waals surface area contributed by atoms with Gasteiger partial charge in [0, 0.05) is 17.3 Å². The molecule has 1 unspecified atom stereocenters. The van der Waals surface area contributed by atoms with Crippen molar-refractivity contribution in [2.45, 2.75) is 5.92 Å². The second-order valence-corrected chi connectivity index (χ2v) is 6.22. The topological polar surface area (TPSA) is 88.2 Å². The fourth-order valence-corrected chi connectivity index (χ4v) is 3.28. The number of allylic oxidation sites excluding steroid dienone is 1. The normalized spacial score (nSPS) is 18.8. The number of halogens is 2. The number of nitrogens with zero attached hydrogens (tertiary/aromatic N) is 2. The molecule has 0 amide bonds. The van der Waals surface area contributed by atoms with Gasteiger partial charge in [0.1, 0.15) is 5.84 Å². The summed E-state index contributed by atoms with van der Waals surface area (Å²) in [5.41, 5.74) is 14.8. The summed E-state index contributed by atoms with van der Waals surface area (Å²) >= 11 is 12.6. The van der Waals surface area contributed by atoms with E-state index in [9.17, 15) is 5.26 Å². The first-order valence-corrected chi connectivity index (χ1v) is 8.24. The van der Waals surface area contributed by atoms with Gasteiger partial charge >= 0.3 is 0 Å². The van der Waals surface area contributed by atoms with Gasteiger partial charge in [0.25, 0.3) is 0 Å². The molecule has 0 aromatic heterocycles. The van der Waals surface area contributed by atoms with Gasteiger partial charge in [-0.3, -0.25) is 0 Å². The molecule has 0 bridgehead atoms. The lowest BCUT2D eigenvalue weighted by Crippen LogP contribution is -2.26. The molecule has 0 radical (unpaired) electrons. The summed E-state index contributed by atoms with van der Waals surface area (Å²) in [6.07, 6.45) is 1.36. The zero-order valence-electron chi connectivity index (χ0n) is 13.1. The highest BCUT2D eigenvalue weighted by atomic mass is 35.5. The van der Waals surface area contributed by atoms with Crippen molar-refractivity contribution in [2.24, 2.45) is 16.5 Å². The molecule has 0 saturated heterocycles. The SMILES string of the molecule is N#CC1=C(c2ccccc2)N=C(N)/C(=C\N)C1c1cccc(Cl)c1Cl. The molecule has 0 fully saturated rings. The maximum Gasteiger partial charge on any atom is 0.129 e. The fraction of sp³-hybridized carbons (Fsp3) is 0.0526. The molecular formula is C19H14Cl2N4. The molecule has 4 nitrogen and oxygen atoms in total. The third kappa shape index (κ3) is 3.00. The van der Waals surface area contributed by atoms with Crippen molar-refractivity contribution in [1.29, 1.82) is 5.26 Å². The van der Waals surface area contributed by atoms with Gasteiger partial charge in [-0.15, -0.1) is 0 Å². The second-order valence-electron chi connectivity index (χ2n) is 5.44. The fourth-order valence-electron chi connectivity index (χ4n) is 2.87.